The first-order chi connectivity index (χ1) is 19.6. The zero-order valence-electron chi connectivity index (χ0n) is 21.7. The maximum absolute atomic E-state index is 13.1. The van der Waals surface area contributed by atoms with E-state index >= 15 is 0 Å². The summed E-state index contributed by atoms with van der Waals surface area (Å²) in [5, 5.41) is 17.6. The van der Waals surface area contributed by atoms with Gasteiger partial charge >= 0.3 is 24.3 Å². The highest BCUT2D eigenvalue weighted by atomic mass is 19.4. The molecule has 2 aliphatic rings. The molecule has 3 N–H and O–H groups in total. The number of carbonyl (C=O) groups is 2. The summed E-state index contributed by atoms with van der Waals surface area (Å²) < 4.78 is 76.6. The smallest absolute Gasteiger partial charge is 0.475 e. The van der Waals surface area contributed by atoms with E-state index in [1.807, 2.05) is 36.5 Å². The lowest BCUT2D eigenvalue weighted by Gasteiger charge is -2.17. The van der Waals surface area contributed by atoms with Gasteiger partial charge in [0.05, 0.1) is 5.69 Å². The molecule has 0 radical (unpaired) electrons. The van der Waals surface area contributed by atoms with Crippen molar-refractivity contribution in [1.82, 2.24) is 14.9 Å². The van der Waals surface area contributed by atoms with Gasteiger partial charge in [0.1, 0.15) is 5.82 Å². The number of benzene rings is 2. The maximum atomic E-state index is 13.1. The number of hydrogen-bond acceptors (Lipinski definition) is 6. The third-order valence-corrected chi connectivity index (χ3v) is 6.35. The van der Waals surface area contributed by atoms with Crippen LogP contribution < -0.4 is 5.32 Å². The Morgan fingerprint density at radius 2 is 1.45 bits per heavy atom. The second-order valence-electron chi connectivity index (χ2n) is 9.44. The minimum absolute atomic E-state index is 0.178. The highest BCUT2D eigenvalue weighted by Crippen LogP contribution is 2.42. The minimum atomic E-state index is -5.08. The van der Waals surface area contributed by atoms with E-state index in [9.17, 15) is 30.7 Å². The predicted octanol–water partition coefficient (Wildman–Crippen LogP) is 5.27. The van der Waals surface area contributed by atoms with Crippen molar-refractivity contribution in [3.05, 3.63) is 89.0 Å². The van der Waals surface area contributed by atoms with Crippen LogP contribution in [0.2, 0.25) is 0 Å². The van der Waals surface area contributed by atoms with Gasteiger partial charge in [0, 0.05) is 38.3 Å². The van der Waals surface area contributed by atoms with Gasteiger partial charge in [0.25, 0.3) is 0 Å². The largest absolute Gasteiger partial charge is 0.490 e. The average Bonchev–Trinajstić information content (AvgIpc) is 3.46. The summed E-state index contributed by atoms with van der Waals surface area (Å²) in [4.78, 5) is 29.6. The third kappa shape index (κ3) is 9.39. The van der Waals surface area contributed by atoms with Crippen LogP contribution in [-0.4, -0.2) is 62.5 Å². The van der Waals surface area contributed by atoms with Gasteiger partial charge in [-0.1, -0.05) is 42.5 Å². The van der Waals surface area contributed by atoms with Crippen molar-refractivity contribution in [1.29, 1.82) is 0 Å². The molecule has 2 unspecified atom stereocenters. The van der Waals surface area contributed by atoms with Crippen LogP contribution in [-0.2, 0) is 29.1 Å². The number of halogens is 7. The number of aliphatic carboxylic acids is 2. The van der Waals surface area contributed by atoms with Crippen LogP contribution >= 0.6 is 0 Å². The van der Waals surface area contributed by atoms with Gasteiger partial charge in [-0.2, -0.15) is 26.3 Å². The first-order valence-electron chi connectivity index (χ1n) is 12.3. The molecule has 3 aromatic rings. The number of anilines is 1. The molecule has 1 aliphatic carbocycles. The summed E-state index contributed by atoms with van der Waals surface area (Å²) in [7, 11) is 0. The van der Waals surface area contributed by atoms with E-state index in [0.717, 1.165) is 38.2 Å². The zero-order valence-corrected chi connectivity index (χ0v) is 21.7. The molecule has 2 aromatic carbocycles. The lowest BCUT2D eigenvalue weighted by Crippen LogP contribution is -2.21. The van der Waals surface area contributed by atoms with Crippen LogP contribution in [0.15, 0.2) is 60.8 Å². The molecular weight excluding hydrogens is 577 g/mol. The quantitative estimate of drug-likeness (QED) is 0.339. The predicted molar refractivity (Wildman–Crippen MR) is 135 cm³/mol. The molecule has 2 heterocycles. The van der Waals surface area contributed by atoms with E-state index in [4.69, 9.17) is 24.8 Å². The number of likely N-dealkylation sites (tertiary alicyclic amines) is 1. The SMILES string of the molecule is Fc1ccc(CN2CC3Cc4cnc(NCc5ccccc5)nc4C3C2)cc1.O=C(O)C(F)(F)F.O=C(O)C(F)(F)F. The normalized spacial score (nSPS) is 17.6. The van der Waals surface area contributed by atoms with Crippen LogP contribution in [0.3, 0.4) is 0 Å². The molecule has 15 heteroatoms. The van der Waals surface area contributed by atoms with Crippen molar-refractivity contribution in [3.63, 3.8) is 0 Å². The molecule has 1 fully saturated rings. The van der Waals surface area contributed by atoms with Gasteiger partial charge < -0.3 is 15.5 Å². The summed E-state index contributed by atoms with van der Waals surface area (Å²) in [5.74, 6) is -3.91. The minimum Gasteiger partial charge on any atom is -0.475 e. The Balaban J connectivity index is 0.000000289. The molecule has 42 heavy (non-hydrogen) atoms. The number of carboxylic acids is 2. The van der Waals surface area contributed by atoms with Crippen molar-refractivity contribution < 1.29 is 50.5 Å². The van der Waals surface area contributed by atoms with Gasteiger partial charge in [-0.3, -0.25) is 4.90 Å². The summed E-state index contributed by atoms with van der Waals surface area (Å²) >= 11 is 0. The molecule has 1 aliphatic heterocycles. The van der Waals surface area contributed by atoms with Crippen LogP contribution in [0.4, 0.5) is 36.7 Å². The third-order valence-electron chi connectivity index (χ3n) is 6.35. The molecule has 0 saturated carbocycles. The zero-order chi connectivity index (χ0) is 31.1. The average molecular weight is 603 g/mol. The Hall–Kier alpha value is -4.27. The van der Waals surface area contributed by atoms with E-state index in [0.29, 0.717) is 17.8 Å². The number of fused-ring (bicyclic) bond motifs is 3. The fourth-order valence-electron chi connectivity index (χ4n) is 4.50. The Kier molecular flexibility index (Phi) is 10.4. The van der Waals surface area contributed by atoms with Crippen molar-refractivity contribution >= 4 is 17.9 Å². The molecule has 5 rings (SSSR count). The van der Waals surface area contributed by atoms with Gasteiger partial charge in [-0.15, -0.1) is 0 Å². The Morgan fingerprint density at radius 1 is 0.881 bits per heavy atom. The Bertz CT molecular complexity index is 1330. The molecule has 226 valence electrons. The van der Waals surface area contributed by atoms with Crippen LogP contribution in [0, 0.1) is 11.7 Å². The molecule has 8 nitrogen and oxygen atoms in total. The number of carboxylic acid groups (broad SMARTS) is 2. The van der Waals surface area contributed by atoms with Gasteiger partial charge in [-0.25, -0.2) is 23.9 Å². The van der Waals surface area contributed by atoms with E-state index < -0.39 is 24.3 Å². The molecule has 0 spiro atoms. The lowest BCUT2D eigenvalue weighted by atomic mass is 9.99. The van der Waals surface area contributed by atoms with E-state index in [1.165, 1.54) is 16.8 Å². The Morgan fingerprint density at radius 3 is 2.00 bits per heavy atom. The van der Waals surface area contributed by atoms with Crippen LogP contribution in [0.25, 0.3) is 0 Å². The van der Waals surface area contributed by atoms with E-state index in [-0.39, 0.29) is 5.82 Å². The molecule has 0 amide bonds. The molecular formula is C27H25F7N4O4. The second kappa shape index (κ2) is 13.6. The lowest BCUT2D eigenvalue weighted by molar-refractivity contribution is -0.193. The summed E-state index contributed by atoms with van der Waals surface area (Å²) in [6.07, 6.45) is -7.11. The van der Waals surface area contributed by atoms with Gasteiger partial charge in [0.15, 0.2) is 0 Å². The second-order valence-corrected chi connectivity index (χ2v) is 9.44. The summed E-state index contributed by atoms with van der Waals surface area (Å²) in [6, 6.07) is 17.1. The number of nitrogens with zero attached hydrogens (tertiary/aromatic N) is 3. The fourth-order valence-corrected chi connectivity index (χ4v) is 4.50. The monoisotopic (exact) mass is 602 g/mol. The van der Waals surface area contributed by atoms with E-state index in [2.05, 4.69) is 27.3 Å². The Labute approximate surface area is 234 Å². The first-order valence-corrected chi connectivity index (χ1v) is 12.3. The first kappa shape index (κ1) is 32.2. The summed E-state index contributed by atoms with van der Waals surface area (Å²) in [6.45, 7) is 3.66. The highest BCUT2D eigenvalue weighted by molar-refractivity contribution is 5.73. The fraction of sp³-hybridized carbons (Fsp3) is 0.333. The van der Waals surface area contributed by atoms with Crippen molar-refractivity contribution in [2.45, 2.75) is 37.8 Å². The number of rotatable bonds is 5. The van der Waals surface area contributed by atoms with Crippen LogP contribution in [0.5, 0.6) is 0 Å². The summed E-state index contributed by atoms with van der Waals surface area (Å²) in [5.41, 5.74) is 4.88. The number of aromatic nitrogens is 2. The highest BCUT2D eigenvalue weighted by Gasteiger charge is 2.41. The van der Waals surface area contributed by atoms with Crippen molar-refractivity contribution in [2.24, 2.45) is 5.92 Å². The van der Waals surface area contributed by atoms with E-state index in [1.54, 1.807) is 12.1 Å². The van der Waals surface area contributed by atoms with Crippen LogP contribution in [0.1, 0.15) is 28.3 Å². The van der Waals surface area contributed by atoms with Crippen molar-refractivity contribution in [3.8, 4) is 0 Å². The molecule has 1 saturated heterocycles. The molecule has 1 aromatic heterocycles. The number of nitrogens with one attached hydrogen (secondary N) is 1. The maximum Gasteiger partial charge on any atom is 0.490 e. The molecule has 2 atom stereocenters. The van der Waals surface area contributed by atoms with Gasteiger partial charge in [-0.05, 0) is 41.2 Å². The number of alkyl halides is 6. The standard InChI is InChI=1S/C23H23FN4.2C2HF3O2/c24-20-8-6-17(7-9-20)13-28-14-19-10-18-12-26-23(27-22(18)21(19)15-28)25-11-16-4-2-1-3-5-16;2*3-2(4,5)1(6)7/h1-9,12,19,21H,10-11,13-15H2,(H,25,26,27);2*(H,6,7). The number of hydrogen-bond donors (Lipinski definition) is 3. The van der Waals surface area contributed by atoms with Crippen molar-refractivity contribution in [2.75, 3.05) is 18.4 Å². The topological polar surface area (TPSA) is 116 Å². The van der Waals surface area contributed by atoms with Gasteiger partial charge in [0.2, 0.25) is 5.95 Å². The molecule has 0 bridgehead atoms.